The zero-order chi connectivity index (χ0) is 23.0. The van der Waals surface area contributed by atoms with Crippen LogP contribution in [0.5, 0.6) is 0 Å². The number of benzene rings is 2. The third-order valence-corrected chi connectivity index (χ3v) is 5.25. The van der Waals surface area contributed by atoms with Gasteiger partial charge in [0.05, 0.1) is 30.8 Å². The van der Waals surface area contributed by atoms with Crippen LogP contribution < -0.4 is 0 Å². The van der Waals surface area contributed by atoms with Crippen molar-refractivity contribution in [3.8, 4) is 6.07 Å². The first kappa shape index (κ1) is 24.0. The number of ether oxygens (including phenoxy) is 5. The third kappa shape index (κ3) is 4.17. The highest BCUT2D eigenvalue weighted by atomic mass is 16.9. The number of hydrogen-bond acceptors (Lipinski definition) is 6. The molecule has 32 heavy (non-hydrogen) atoms. The smallest absolute Gasteiger partial charge is 0.385 e. The van der Waals surface area contributed by atoms with Crippen molar-refractivity contribution in [1.29, 1.82) is 5.26 Å². The van der Waals surface area contributed by atoms with Crippen molar-refractivity contribution in [2.75, 3.05) is 26.4 Å². The number of nitriles is 1. The van der Waals surface area contributed by atoms with Gasteiger partial charge in [0, 0.05) is 18.8 Å². The molecule has 0 fully saturated rings. The van der Waals surface area contributed by atoms with Gasteiger partial charge in [0.15, 0.2) is 0 Å². The molecule has 0 aromatic heterocycles. The summed E-state index contributed by atoms with van der Waals surface area (Å²) in [5, 5.41) is 10.4. The van der Waals surface area contributed by atoms with Gasteiger partial charge in [-0.05, 0) is 33.3 Å². The highest BCUT2D eigenvalue weighted by Gasteiger charge is 2.68. The van der Waals surface area contributed by atoms with Gasteiger partial charge in [0.2, 0.25) is 0 Å². The second kappa shape index (κ2) is 10.8. The summed E-state index contributed by atoms with van der Waals surface area (Å²) >= 11 is 0. The average Bonchev–Trinajstić information content (AvgIpc) is 2.82. The quantitative estimate of drug-likeness (QED) is 0.474. The Balaban J connectivity index is 2.42. The molecule has 1 heterocycles. The van der Waals surface area contributed by atoms with Crippen LogP contribution in [0.25, 0.3) is 5.76 Å². The van der Waals surface area contributed by atoms with Crippen molar-refractivity contribution >= 4 is 5.76 Å². The van der Waals surface area contributed by atoms with E-state index >= 15 is 0 Å². The summed E-state index contributed by atoms with van der Waals surface area (Å²) in [5.41, 5.74) is 1.97. The third-order valence-electron chi connectivity index (χ3n) is 5.25. The van der Waals surface area contributed by atoms with Gasteiger partial charge in [-0.3, -0.25) is 0 Å². The summed E-state index contributed by atoms with van der Waals surface area (Å²) in [6, 6.07) is 21.6. The molecule has 6 nitrogen and oxygen atoms in total. The van der Waals surface area contributed by atoms with E-state index in [4.69, 9.17) is 23.7 Å². The Morgan fingerprint density at radius 2 is 1.28 bits per heavy atom. The van der Waals surface area contributed by atoms with Crippen molar-refractivity contribution in [2.45, 2.75) is 45.4 Å². The van der Waals surface area contributed by atoms with Crippen molar-refractivity contribution in [1.82, 2.24) is 0 Å². The second-order valence-electron chi connectivity index (χ2n) is 7.12. The first-order chi connectivity index (χ1) is 15.6. The van der Waals surface area contributed by atoms with Gasteiger partial charge < -0.3 is 23.7 Å². The van der Waals surface area contributed by atoms with E-state index in [2.05, 4.69) is 6.07 Å². The Bertz CT molecular complexity index is 924. The number of rotatable bonds is 10. The van der Waals surface area contributed by atoms with Gasteiger partial charge in [-0.1, -0.05) is 60.7 Å². The molecule has 0 radical (unpaired) electrons. The maximum atomic E-state index is 10.4. The van der Waals surface area contributed by atoms with Crippen LogP contribution in [0.3, 0.4) is 0 Å². The number of nitrogens with zero attached hydrogens (tertiary/aromatic N) is 1. The van der Waals surface area contributed by atoms with Crippen LogP contribution in [0.1, 0.15) is 44.7 Å². The van der Waals surface area contributed by atoms with E-state index in [9.17, 15) is 5.26 Å². The molecule has 2 aromatic carbocycles. The van der Waals surface area contributed by atoms with E-state index in [-0.39, 0.29) is 13.2 Å². The Labute approximate surface area is 190 Å². The molecule has 0 saturated carbocycles. The van der Waals surface area contributed by atoms with E-state index in [1.807, 2.05) is 88.4 Å². The van der Waals surface area contributed by atoms with Crippen LogP contribution in [-0.4, -0.2) is 38.2 Å². The minimum atomic E-state index is -1.73. The summed E-state index contributed by atoms with van der Waals surface area (Å²) in [7, 11) is 0. The van der Waals surface area contributed by atoms with E-state index in [1.54, 1.807) is 0 Å². The molecule has 170 valence electrons. The largest absolute Gasteiger partial charge is 0.433 e. The van der Waals surface area contributed by atoms with Gasteiger partial charge in [-0.15, -0.1) is 0 Å². The lowest BCUT2D eigenvalue weighted by atomic mass is 9.79. The van der Waals surface area contributed by atoms with Crippen LogP contribution in [0, 0.1) is 11.3 Å². The minimum absolute atomic E-state index is 0.285. The molecule has 0 spiro atoms. The molecule has 0 amide bonds. The normalized spacial score (nSPS) is 19.3. The molecular formula is C26H31NO5. The SMILES string of the molecule is CCOC1(OCC)OC(c2ccccc2)=C(C#N)[C@@H](c2ccccc2)C1(OCC)OCC. The van der Waals surface area contributed by atoms with Gasteiger partial charge in [0.1, 0.15) is 5.76 Å². The Hall–Kier alpha value is -2.69. The topological polar surface area (TPSA) is 69.9 Å². The molecule has 0 aliphatic carbocycles. The monoisotopic (exact) mass is 437 g/mol. The molecule has 1 atom stereocenters. The lowest BCUT2D eigenvalue weighted by Gasteiger charge is -2.53. The Morgan fingerprint density at radius 3 is 1.75 bits per heavy atom. The minimum Gasteiger partial charge on any atom is -0.433 e. The molecular weight excluding hydrogens is 406 g/mol. The van der Waals surface area contributed by atoms with E-state index < -0.39 is 17.7 Å². The fourth-order valence-electron chi connectivity index (χ4n) is 4.20. The molecule has 3 rings (SSSR count). The zero-order valence-electron chi connectivity index (χ0n) is 19.2. The second-order valence-corrected chi connectivity index (χ2v) is 7.12. The molecule has 1 aliphatic heterocycles. The number of hydrogen-bond donors (Lipinski definition) is 0. The fraction of sp³-hybridized carbons (Fsp3) is 0.423. The van der Waals surface area contributed by atoms with Crippen LogP contribution in [0.4, 0.5) is 0 Å². The van der Waals surface area contributed by atoms with Crippen molar-refractivity contribution in [3.63, 3.8) is 0 Å². The maximum Gasteiger partial charge on any atom is 0.385 e. The molecule has 1 aliphatic rings. The summed E-state index contributed by atoms with van der Waals surface area (Å²) in [5.74, 6) is -3.54. The summed E-state index contributed by atoms with van der Waals surface area (Å²) in [6.07, 6.45) is 0. The highest BCUT2D eigenvalue weighted by molar-refractivity contribution is 5.71. The van der Waals surface area contributed by atoms with Gasteiger partial charge >= 0.3 is 5.97 Å². The standard InChI is InChI=1S/C26H31NO5/c1-5-28-25(29-6-2)23(20-15-11-9-12-16-20)22(19-27)24(21-17-13-10-14-18-21)32-26(25,30-7-3)31-8-4/h9-18,23H,5-8H2,1-4H3/t23-/m1/s1. The molecule has 0 N–H and O–H groups in total. The van der Waals surface area contributed by atoms with Gasteiger partial charge in [-0.2, -0.15) is 5.26 Å². The van der Waals surface area contributed by atoms with Crippen molar-refractivity contribution < 1.29 is 23.7 Å². The summed E-state index contributed by atoms with van der Waals surface area (Å²) in [4.78, 5) is 0. The molecule has 6 heteroatoms. The molecule has 0 bridgehead atoms. The fourth-order valence-corrected chi connectivity index (χ4v) is 4.20. The van der Waals surface area contributed by atoms with Crippen molar-refractivity contribution in [3.05, 3.63) is 77.4 Å². The van der Waals surface area contributed by atoms with Crippen LogP contribution in [-0.2, 0) is 23.7 Å². The van der Waals surface area contributed by atoms with E-state index in [1.165, 1.54) is 0 Å². The first-order valence-electron chi connectivity index (χ1n) is 11.1. The van der Waals surface area contributed by atoms with Crippen molar-refractivity contribution in [2.24, 2.45) is 0 Å². The maximum absolute atomic E-state index is 10.4. The highest BCUT2D eigenvalue weighted by Crippen LogP contribution is 2.54. The van der Waals surface area contributed by atoms with Crippen LogP contribution >= 0.6 is 0 Å². The lowest BCUT2D eigenvalue weighted by molar-refractivity contribution is -0.489. The first-order valence-corrected chi connectivity index (χ1v) is 11.1. The van der Waals surface area contributed by atoms with Gasteiger partial charge in [-0.25, -0.2) is 0 Å². The molecule has 0 unspecified atom stereocenters. The predicted molar refractivity (Wildman–Crippen MR) is 121 cm³/mol. The summed E-state index contributed by atoms with van der Waals surface area (Å²) in [6.45, 7) is 8.62. The average molecular weight is 438 g/mol. The lowest BCUT2D eigenvalue weighted by Crippen LogP contribution is -2.67. The van der Waals surface area contributed by atoms with Crippen LogP contribution in [0.15, 0.2) is 66.2 Å². The Kier molecular flexibility index (Phi) is 8.05. The van der Waals surface area contributed by atoms with Gasteiger partial charge in [0.25, 0.3) is 5.79 Å². The van der Waals surface area contributed by atoms with E-state index in [0.29, 0.717) is 24.5 Å². The van der Waals surface area contributed by atoms with Crippen LogP contribution in [0.2, 0.25) is 0 Å². The molecule has 2 aromatic rings. The molecule has 0 saturated heterocycles. The Morgan fingerprint density at radius 1 is 0.781 bits per heavy atom. The summed E-state index contributed by atoms with van der Waals surface area (Å²) < 4.78 is 31.5. The van der Waals surface area contributed by atoms with E-state index in [0.717, 1.165) is 11.1 Å². The zero-order valence-corrected chi connectivity index (χ0v) is 19.2. The predicted octanol–water partition coefficient (Wildman–Crippen LogP) is 5.23.